The summed E-state index contributed by atoms with van der Waals surface area (Å²) in [5, 5.41) is 8.32. The molecule has 8 heteroatoms. The van der Waals surface area contributed by atoms with Crippen molar-refractivity contribution in [2.24, 2.45) is 0 Å². The minimum absolute atomic E-state index is 0.133. The summed E-state index contributed by atoms with van der Waals surface area (Å²) in [6.07, 6.45) is 0. The van der Waals surface area contributed by atoms with Gasteiger partial charge in [0.25, 0.3) is 5.91 Å². The minimum atomic E-state index is -0.371. The number of aromatic nitrogens is 2. The van der Waals surface area contributed by atoms with Gasteiger partial charge in [0.2, 0.25) is 0 Å². The number of ether oxygens (including phenoxy) is 1. The van der Waals surface area contributed by atoms with Gasteiger partial charge >= 0.3 is 0 Å². The molecule has 2 aromatic heterocycles. The van der Waals surface area contributed by atoms with E-state index in [1.165, 1.54) is 5.56 Å². The third-order valence-corrected chi connectivity index (χ3v) is 6.62. The predicted octanol–water partition coefficient (Wildman–Crippen LogP) is 7.05. The molecule has 0 radical (unpaired) electrons. The fourth-order valence-electron chi connectivity index (χ4n) is 3.49. The zero-order valence-corrected chi connectivity index (χ0v) is 20.0. The summed E-state index contributed by atoms with van der Waals surface area (Å²) in [5.41, 5.74) is 4.60. The lowest BCUT2D eigenvalue weighted by Crippen LogP contribution is -2.15. The number of aryl methyl sites for hydroxylation is 2. The van der Waals surface area contributed by atoms with Gasteiger partial charge < -0.3 is 14.6 Å². The number of benzene rings is 3. The largest absolute Gasteiger partial charge is 0.489 e. The molecule has 0 aliphatic rings. The highest BCUT2D eigenvalue weighted by molar-refractivity contribution is 7.21. The summed E-state index contributed by atoms with van der Waals surface area (Å²) >= 11 is 7.65. The normalized spacial score (nSPS) is 11.0. The molecule has 0 aliphatic heterocycles. The quantitative estimate of drug-likeness (QED) is 0.276. The molecule has 0 saturated carbocycles. The lowest BCUT2D eigenvalue weighted by molar-refractivity contribution is 0.101. The second-order valence-corrected chi connectivity index (χ2v) is 9.30. The second-order valence-electron chi connectivity index (χ2n) is 7.83. The van der Waals surface area contributed by atoms with E-state index in [1.807, 2.05) is 30.3 Å². The van der Waals surface area contributed by atoms with Crippen LogP contribution in [-0.4, -0.2) is 16.0 Å². The summed E-state index contributed by atoms with van der Waals surface area (Å²) in [6, 6.07) is 20.9. The summed E-state index contributed by atoms with van der Waals surface area (Å²) in [7, 11) is 0. The van der Waals surface area contributed by atoms with Gasteiger partial charge in [-0.3, -0.25) is 4.79 Å². The highest BCUT2D eigenvalue weighted by Gasteiger charge is 2.21. The molecule has 1 N–H and O–H groups in total. The van der Waals surface area contributed by atoms with Crippen molar-refractivity contribution in [1.82, 2.24) is 10.1 Å². The standard InChI is InChI=1S/C26H20ClN3O3S/c1-15-6-11-22-23(12-15)34-26(29-22)17-7-9-19(10-8-17)28-25(31)24-21(16(2)33-30-24)14-32-20-5-3-4-18(27)13-20/h3-13H,14H2,1-2H3,(H,28,31). The molecule has 5 aromatic rings. The average Bonchev–Trinajstić information content (AvgIpc) is 3.41. The van der Waals surface area contributed by atoms with Crippen LogP contribution >= 0.6 is 22.9 Å². The number of anilines is 1. The Labute approximate surface area is 205 Å². The predicted molar refractivity (Wildman–Crippen MR) is 135 cm³/mol. The lowest BCUT2D eigenvalue weighted by atomic mass is 10.1. The number of rotatable bonds is 6. The third kappa shape index (κ3) is 4.66. The molecule has 0 atom stereocenters. The maximum atomic E-state index is 12.9. The molecular weight excluding hydrogens is 470 g/mol. The molecule has 0 aliphatic carbocycles. The minimum Gasteiger partial charge on any atom is -0.489 e. The zero-order chi connectivity index (χ0) is 23.7. The van der Waals surface area contributed by atoms with Gasteiger partial charge in [0, 0.05) is 16.3 Å². The topological polar surface area (TPSA) is 77.3 Å². The Kier molecular flexibility index (Phi) is 6.04. The highest BCUT2D eigenvalue weighted by Crippen LogP contribution is 2.31. The summed E-state index contributed by atoms with van der Waals surface area (Å²) < 4.78 is 12.2. The van der Waals surface area contributed by atoms with Gasteiger partial charge in [-0.1, -0.05) is 28.9 Å². The molecule has 0 spiro atoms. The smallest absolute Gasteiger partial charge is 0.278 e. The number of fused-ring (bicyclic) bond motifs is 1. The van der Waals surface area contributed by atoms with Crippen molar-refractivity contribution < 1.29 is 14.1 Å². The molecule has 170 valence electrons. The Hall–Kier alpha value is -3.68. The SMILES string of the molecule is Cc1ccc2nc(-c3ccc(NC(=O)c4noc(C)c4COc4cccc(Cl)c4)cc3)sc2c1. The molecule has 5 rings (SSSR count). The first kappa shape index (κ1) is 22.1. The van der Waals surface area contributed by atoms with Crippen molar-refractivity contribution in [3.63, 3.8) is 0 Å². The van der Waals surface area contributed by atoms with E-state index < -0.39 is 0 Å². The Morgan fingerprint density at radius 1 is 1.09 bits per heavy atom. The fraction of sp³-hybridized carbons (Fsp3) is 0.115. The third-order valence-electron chi connectivity index (χ3n) is 5.31. The number of carbonyl (C=O) groups is 1. The number of hydrogen-bond acceptors (Lipinski definition) is 6. The van der Waals surface area contributed by atoms with E-state index in [-0.39, 0.29) is 18.2 Å². The van der Waals surface area contributed by atoms with Crippen LogP contribution in [0.5, 0.6) is 5.75 Å². The van der Waals surface area contributed by atoms with Crippen molar-refractivity contribution in [3.05, 3.63) is 94.3 Å². The molecule has 3 aromatic carbocycles. The number of amides is 1. The van der Waals surface area contributed by atoms with Gasteiger partial charge in [0.05, 0.1) is 15.8 Å². The monoisotopic (exact) mass is 489 g/mol. The second kappa shape index (κ2) is 9.29. The van der Waals surface area contributed by atoms with Crippen LogP contribution in [0.15, 0.2) is 71.3 Å². The number of nitrogens with zero attached hydrogens (tertiary/aromatic N) is 2. The van der Waals surface area contributed by atoms with Crippen LogP contribution in [-0.2, 0) is 6.61 Å². The molecule has 0 fully saturated rings. The van der Waals surface area contributed by atoms with E-state index in [9.17, 15) is 4.79 Å². The van der Waals surface area contributed by atoms with E-state index in [2.05, 4.69) is 29.5 Å². The van der Waals surface area contributed by atoms with Gasteiger partial charge in [-0.15, -0.1) is 11.3 Å². The van der Waals surface area contributed by atoms with Crippen LogP contribution in [0.3, 0.4) is 0 Å². The van der Waals surface area contributed by atoms with Gasteiger partial charge in [0.1, 0.15) is 23.1 Å². The van der Waals surface area contributed by atoms with Crippen LogP contribution in [0, 0.1) is 13.8 Å². The van der Waals surface area contributed by atoms with E-state index in [1.54, 1.807) is 42.5 Å². The van der Waals surface area contributed by atoms with E-state index in [4.69, 9.17) is 25.8 Å². The number of hydrogen-bond donors (Lipinski definition) is 1. The Balaban J connectivity index is 1.29. The summed E-state index contributed by atoms with van der Waals surface area (Å²) in [6.45, 7) is 3.95. The first-order valence-corrected chi connectivity index (χ1v) is 11.8. The number of carbonyl (C=O) groups excluding carboxylic acids is 1. The molecule has 0 bridgehead atoms. The molecule has 0 saturated heterocycles. The van der Waals surface area contributed by atoms with Crippen molar-refractivity contribution in [1.29, 1.82) is 0 Å². The van der Waals surface area contributed by atoms with Crippen molar-refractivity contribution >= 4 is 44.7 Å². The highest BCUT2D eigenvalue weighted by atomic mass is 35.5. The molecule has 0 unspecified atom stereocenters. The number of thiazole rings is 1. The van der Waals surface area contributed by atoms with Gasteiger partial charge in [0.15, 0.2) is 5.69 Å². The van der Waals surface area contributed by atoms with Crippen LogP contribution in [0.2, 0.25) is 5.02 Å². The van der Waals surface area contributed by atoms with E-state index in [0.717, 1.165) is 20.8 Å². The van der Waals surface area contributed by atoms with Crippen LogP contribution < -0.4 is 10.1 Å². The van der Waals surface area contributed by atoms with Crippen LogP contribution in [0.25, 0.3) is 20.8 Å². The number of halogens is 1. The fourth-order valence-corrected chi connectivity index (χ4v) is 4.74. The number of nitrogens with one attached hydrogen (secondary N) is 1. The molecule has 1 amide bonds. The Morgan fingerprint density at radius 2 is 1.91 bits per heavy atom. The lowest BCUT2D eigenvalue weighted by Gasteiger charge is -2.08. The van der Waals surface area contributed by atoms with Gasteiger partial charge in [-0.25, -0.2) is 4.98 Å². The maximum absolute atomic E-state index is 12.9. The van der Waals surface area contributed by atoms with Gasteiger partial charge in [-0.2, -0.15) is 0 Å². The van der Waals surface area contributed by atoms with Crippen molar-refractivity contribution in [2.45, 2.75) is 20.5 Å². The Morgan fingerprint density at radius 3 is 2.71 bits per heavy atom. The molecule has 2 heterocycles. The van der Waals surface area contributed by atoms with E-state index in [0.29, 0.717) is 27.8 Å². The van der Waals surface area contributed by atoms with Crippen molar-refractivity contribution in [3.8, 4) is 16.3 Å². The average molecular weight is 490 g/mol. The zero-order valence-electron chi connectivity index (χ0n) is 18.5. The molecule has 6 nitrogen and oxygen atoms in total. The van der Waals surface area contributed by atoms with Crippen LogP contribution in [0.4, 0.5) is 5.69 Å². The maximum Gasteiger partial charge on any atom is 0.278 e. The summed E-state index contributed by atoms with van der Waals surface area (Å²) in [4.78, 5) is 17.6. The molecular formula is C26H20ClN3O3S. The van der Waals surface area contributed by atoms with Crippen molar-refractivity contribution in [2.75, 3.05) is 5.32 Å². The van der Waals surface area contributed by atoms with Gasteiger partial charge in [-0.05, 0) is 74.0 Å². The Bertz CT molecular complexity index is 1490. The van der Waals surface area contributed by atoms with E-state index >= 15 is 0 Å². The molecule has 34 heavy (non-hydrogen) atoms. The van der Waals surface area contributed by atoms with Crippen LogP contribution in [0.1, 0.15) is 27.4 Å². The first-order valence-electron chi connectivity index (χ1n) is 10.6. The summed E-state index contributed by atoms with van der Waals surface area (Å²) in [5.74, 6) is 0.749. The first-order chi connectivity index (χ1) is 16.5.